The van der Waals surface area contributed by atoms with Gasteiger partial charge in [-0.3, -0.25) is 4.79 Å². The molecule has 2 aromatic rings. The van der Waals surface area contributed by atoms with Crippen molar-refractivity contribution >= 4 is 11.6 Å². The molecule has 2 aromatic carbocycles. The number of para-hydroxylation sites is 1. The highest BCUT2D eigenvalue weighted by molar-refractivity contribution is 5.95. The number of hydrogen-bond donors (Lipinski definition) is 0. The molecule has 0 N–H and O–H groups in total. The smallest absolute Gasteiger partial charge is 0.254 e. The molecule has 0 saturated carbocycles. The lowest BCUT2D eigenvalue weighted by molar-refractivity contribution is 0.0674. The van der Waals surface area contributed by atoms with Crippen LogP contribution < -0.4 is 9.64 Å². The van der Waals surface area contributed by atoms with Crippen LogP contribution in [0.15, 0.2) is 54.6 Å². The van der Waals surface area contributed by atoms with E-state index in [9.17, 15) is 4.79 Å². The fraction of sp³-hybridized carbons (Fsp3) is 0.316. The molecule has 0 spiro atoms. The minimum atomic E-state index is 0.0733. The van der Waals surface area contributed by atoms with Crippen molar-refractivity contribution in [3.63, 3.8) is 0 Å². The van der Waals surface area contributed by atoms with Gasteiger partial charge in [0, 0.05) is 36.9 Å². The number of rotatable bonds is 3. The standard InChI is InChI=1S/C19H22N2O2/c1-15-14-20(17-8-4-3-5-9-17)11-12-21(15)19(22)16-7-6-10-18(13-16)23-2/h3-10,13,15H,11-12,14H2,1-2H3/t15-/m1/s1. The summed E-state index contributed by atoms with van der Waals surface area (Å²) in [4.78, 5) is 17.1. The molecule has 1 fully saturated rings. The molecule has 120 valence electrons. The lowest BCUT2D eigenvalue weighted by atomic mass is 10.1. The number of benzene rings is 2. The summed E-state index contributed by atoms with van der Waals surface area (Å²) >= 11 is 0. The number of methoxy groups -OCH3 is 1. The minimum absolute atomic E-state index is 0.0733. The van der Waals surface area contributed by atoms with Gasteiger partial charge in [-0.2, -0.15) is 0 Å². The van der Waals surface area contributed by atoms with Gasteiger partial charge >= 0.3 is 0 Å². The molecule has 4 heteroatoms. The van der Waals surface area contributed by atoms with Crippen LogP contribution in [-0.2, 0) is 0 Å². The Morgan fingerprint density at radius 2 is 1.87 bits per heavy atom. The van der Waals surface area contributed by atoms with Crippen LogP contribution in [0.4, 0.5) is 5.69 Å². The summed E-state index contributed by atoms with van der Waals surface area (Å²) in [6, 6.07) is 17.9. The van der Waals surface area contributed by atoms with Gasteiger partial charge in [0.2, 0.25) is 0 Å². The first-order valence-electron chi connectivity index (χ1n) is 7.94. The van der Waals surface area contributed by atoms with Gasteiger partial charge in [-0.25, -0.2) is 0 Å². The molecule has 1 aliphatic heterocycles. The van der Waals surface area contributed by atoms with E-state index in [2.05, 4.69) is 24.0 Å². The molecule has 1 heterocycles. The second kappa shape index (κ2) is 6.73. The molecular formula is C19H22N2O2. The van der Waals surface area contributed by atoms with Crippen LogP contribution in [0.2, 0.25) is 0 Å². The summed E-state index contributed by atoms with van der Waals surface area (Å²) in [5, 5.41) is 0. The molecule has 4 nitrogen and oxygen atoms in total. The number of ether oxygens (including phenoxy) is 1. The Labute approximate surface area is 137 Å². The zero-order valence-corrected chi connectivity index (χ0v) is 13.6. The highest BCUT2D eigenvalue weighted by Crippen LogP contribution is 2.21. The average Bonchev–Trinajstić information content (AvgIpc) is 2.62. The van der Waals surface area contributed by atoms with Crippen LogP contribution in [0.1, 0.15) is 17.3 Å². The Hall–Kier alpha value is -2.49. The number of carbonyl (C=O) groups excluding carboxylic acids is 1. The van der Waals surface area contributed by atoms with Crippen molar-refractivity contribution in [1.82, 2.24) is 4.90 Å². The van der Waals surface area contributed by atoms with E-state index >= 15 is 0 Å². The highest BCUT2D eigenvalue weighted by Gasteiger charge is 2.28. The quantitative estimate of drug-likeness (QED) is 0.873. The van der Waals surface area contributed by atoms with Crippen LogP contribution in [0.25, 0.3) is 0 Å². The predicted octanol–water partition coefficient (Wildman–Crippen LogP) is 3.05. The molecule has 1 saturated heterocycles. The minimum Gasteiger partial charge on any atom is -0.497 e. The van der Waals surface area contributed by atoms with Crippen LogP contribution >= 0.6 is 0 Å². The molecule has 23 heavy (non-hydrogen) atoms. The Bertz CT molecular complexity index is 672. The second-order valence-electron chi connectivity index (χ2n) is 5.86. The molecule has 1 atom stereocenters. The van der Waals surface area contributed by atoms with Crippen molar-refractivity contribution in [3.8, 4) is 5.75 Å². The largest absolute Gasteiger partial charge is 0.497 e. The molecule has 0 unspecified atom stereocenters. The predicted molar refractivity (Wildman–Crippen MR) is 92.1 cm³/mol. The van der Waals surface area contributed by atoms with E-state index in [0.717, 1.165) is 19.6 Å². The van der Waals surface area contributed by atoms with Gasteiger partial charge in [0.15, 0.2) is 0 Å². The summed E-state index contributed by atoms with van der Waals surface area (Å²) in [7, 11) is 1.62. The van der Waals surface area contributed by atoms with Crippen molar-refractivity contribution in [2.24, 2.45) is 0 Å². The van der Waals surface area contributed by atoms with Gasteiger partial charge in [-0.1, -0.05) is 24.3 Å². The van der Waals surface area contributed by atoms with E-state index in [-0.39, 0.29) is 11.9 Å². The summed E-state index contributed by atoms with van der Waals surface area (Å²) in [6.45, 7) is 4.53. The third-order valence-corrected chi connectivity index (χ3v) is 4.33. The second-order valence-corrected chi connectivity index (χ2v) is 5.86. The average molecular weight is 310 g/mol. The van der Waals surface area contributed by atoms with Gasteiger partial charge < -0.3 is 14.5 Å². The van der Waals surface area contributed by atoms with Gasteiger partial charge in [0.25, 0.3) is 5.91 Å². The monoisotopic (exact) mass is 310 g/mol. The van der Waals surface area contributed by atoms with Crippen LogP contribution in [-0.4, -0.2) is 43.6 Å². The zero-order chi connectivity index (χ0) is 16.2. The Balaban J connectivity index is 1.71. The molecule has 0 aliphatic carbocycles. The van der Waals surface area contributed by atoms with Crippen LogP contribution in [0.5, 0.6) is 5.75 Å². The van der Waals surface area contributed by atoms with Crippen molar-refractivity contribution in [2.45, 2.75) is 13.0 Å². The molecular weight excluding hydrogens is 288 g/mol. The van der Waals surface area contributed by atoms with E-state index in [1.165, 1.54) is 5.69 Å². The maximum atomic E-state index is 12.8. The van der Waals surface area contributed by atoms with E-state index in [4.69, 9.17) is 4.74 Å². The Morgan fingerprint density at radius 3 is 2.57 bits per heavy atom. The fourth-order valence-corrected chi connectivity index (χ4v) is 3.05. The molecule has 1 aliphatic rings. The van der Waals surface area contributed by atoms with Gasteiger partial charge in [-0.05, 0) is 37.3 Å². The first kappa shape index (κ1) is 15.4. The van der Waals surface area contributed by atoms with Gasteiger partial charge in [0.1, 0.15) is 5.75 Å². The summed E-state index contributed by atoms with van der Waals surface area (Å²) in [5.74, 6) is 0.788. The van der Waals surface area contributed by atoms with Gasteiger partial charge in [-0.15, -0.1) is 0 Å². The van der Waals surface area contributed by atoms with E-state index in [1.807, 2.05) is 41.3 Å². The third kappa shape index (κ3) is 3.31. The highest BCUT2D eigenvalue weighted by atomic mass is 16.5. The number of anilines is 1. The molecule has 0 radical (unpaired) electrons. The van der Waals surface area contributed by atoms with E-state index in [0.29, 0.717) is 11.3 Å². The maximum absolute atomic E-state index is 12.8. The first-order chi connectivity index (χ1) is 11.2. The van der Waals surface area contributed by atoms with Crippen molar-refractivity contribution in [2.75, 3.05) is 31.6 Å². The van der Waals surface area contributed by atoms with Gasteiger partial charge in [0.05, 0.1) is 7.11 Å². The molecule has 0 aromatic heterocycles. The summed E-state index contributed by atoms with van der Waals surface area (Å²) in [6.07, 6.45) is 0. The normalized spacial score (nSPS) is 17.9. The number of amides is 1. The zero-order valence-electron chi connectivity index (χ0n) is 13.6. The van der Waals surface area contributed by atoms with E-state index < -0.39 is 0 Å². The number of piperazine rings is 1. The van der Waals surface area contributed by atoms with Crippen LogP contribution in [0, 0.1) is 0 Å². The maximum Gasteiger partial charge on any atom is 0.254 e. The first-order valence-corrected chi connectivity index (χ1v) is 7.94. The van der Waals surface area contributed by atoms with Crippen molar-refractivity contribution < 1.29 is 9.53 Å². The number of nitrogens with zero attached hydrogens (tertiary/aromatic N) is 2. The lowest BCUT2D eigenvalue weighted by Gasteiger charge is -2.41. The number of carbonyl (C=O) groups is 1. The molecule has 0 bridgehead atoms. The SMILES string of the molecule is COc1cccc(C(=O)N2CCN(c3ccccc3)C[C@H]2C)c1. The molecule has 3 rings (SSSR count). The van der Waals surface area contributed by atoms with Crippen molar-refractivity contribution in [1.29, 1.82) is 0 Å². The van der Waals surface area contributed by atoms with Crippen molar-refractivity contribution in [3.05, 3.63) is 60.2 Å². The molecule has 1 amide bonds. The fourth-order valence-electron chi connectivity index (χ4n) is 3.05. The topological polar surface area (TPSA) is 32.8 Å². The summed E-state index contributed by atoms with van der Waals surface area (Å²) < 4.78 is 5.22. The Kier molecular flexibility index (Phi) is 4.51. The van der Waals surface area contributed by atoms with E-state index in [1.54, 1.807) is 13.2 Å². The lowest BCUT2D eigenvalue weighted by Crippen LogP contribution is -2.54. The number of hydrogen-bond acceptors (Lipinski definition) is 3. The third-order valence-electron chi connectivity index (χ3n) is 4.33. The Morgan fingerprint density at radius 1 is 1.09 bits per heavy atom. The summed E-state index contributed by atoms with van der Waals surface area (Å²) in [5.41, 5.74) is 1.90. The van der Waals surface area contributed by atoms with Crippen LogP contribution in [0.3, 0.4) is 0 Å².